The van der Waals surface area contributed by atoms with Gasteiger partial charge >= 0.3 is 0 Å². The molecule has 0 fully saturated rings. The number of fused-ring (bicyclic) bond motifs is 1. The van der Waals surface area contributed by atoms with Crippen LogP contribution in [0.5, 0.6) is 5.75 Å². The Kier molecular flexibility index (Phi) is 9.15. The second kappa shape index (κ2) is 12.9. The van der Waals surface area contributed by atoms with Gasteiger partial charge in [0.1, 0.15) is 11.8 Å². The fraction of sp³-hybridized carbons (Fsp3) is 0.273. The molecule has 0 heterocycles. The number of benzene rings is 4. The molecule has 1 N–H and O–H groups in total. The summed E-state index contributed by atoms with van der Waals surface area (Å²) in [7, 11) is 0. The lowest BCUT2D eigenvalue weighted by Crippen LogP contribution is -2.52. The van der Waals surface area contributed by atoms with Gasteiger partial charge in [-0.05, 0) is 41.0 Å². The summed E-state index contributed by atoms with van der Waals surface area (Å²) in [5.74, 6) is 0.555. The van der Waals surface area contributed by atoms with E-state index < -0.39 is 6.04 Å². The molecule has 4 rings (SSSR count). The average molecular weight is 509 g/mol. The van der Waals surface area contributed by atoms with Gasteiger partial charge in [0.2, 0.25) is 5.91 Å². The highest BCUT2D eigenvalue weighted by Gasteiger charge is 2.31. The number of amides is 2. The van der Waals surface area contributed by atoms with Gasteiger partial charge in [0, 0.05) is 24.9 Å². The number of hydrogen-bond donors (Lipinski definition) is 1. The fourth-order valence-electron chi connectivity index (χ4n) is 4.49. The van der Waals surface area contributed by atoms with E-state index in [1.54, 1.807) is 4.90 Å². The molecule has 196 valence electrons. The van der Waals surface area contributed by atoms with Crippen LogP contribution in [0.4, 0.5) is 0 Å². The molecule has 0 saturated heterocycles. The Morgan fingerprint density at radius 3 is 2.29 bits per heavy atom. The van der Waals surface area contributed by atoms with Gasteiger partial charge in [0.15, 0.2) is 6.61 Å². The highest BCUT2D eigenvalue weighted by atomic mass is 16.5. The van der Waals surface area contributed by atoms with Crippen LogP contribution in [0.15, 0.2) is 97.1 Å². The molecule has 0 unspecified atom stereocenters. The maximum Gasteiger partial charge on any atom is 0.261 e. The van der Waals surface area contributed by atoms with Crippen molar-refractivity contribution in [3.05, 3.63) is 114 Å². The summed E-state index contributed by atoms with van der Waals surface area (Å²) in [5.41, 5.74) is 3.07. The molecule has 4 aromatic rings. The standard InChI is InChI=1S/C33H36N2O3/c1-24(2)21-34-33(37)30(20-26-13-5-4-6-14-26)35(22-28-16-8-7-12-25(28)3)32(36)23-38-31-19-11-17-27-15-9-10-18-29(27)31/h4-19,24,30H,20-23H2,1-3H3,(H,34,37)/t30-/m1/s1. The van der Waals surface area contributed by atoms with Crippen molar-refractivity contribution in [2.45, 2.75) is 39.8 Å². The van der Waals surface area contributed by atoms with Crippen LogP contribution in [0.25, 0.3) is 10.8 Å². The predicted octanol–water partition coefficient (Wildman–Crippen LogP) is 5.94. The summed E-state index contributed by atoms with van der Waals surface area (Å²) in [6, 6.07) is 30.9. The molecule has 1 atom stereocenters. The highest BCUT2D eigenvalue weighted by Crippen LogP contribution is 2.25. The number of aryl methyl sites for hydroxylation is 1. The van der Waals surface area contributed by atoms with Crippen molar-refractivity contribution in [1.29, 1.82) is 0 Å². The van der Waals surface area contributed by atoms with E-state index in [0.29, 0.717) is 31.2 Å². The lowest BCUT2D eigenvalue weighted by Gasteiger charge is -2.32. The minimum Gasteiger partial charge on any atom is -0.483 e. The number of hydrogen-bond acceptors (Lipinski definition) is 3. The third-order valence-electron chi connectivity index (χ3n) is 6.66. The summed E-state index contributed by atoms with van der Waals surface area (Å²) >= 11 is 0. The van der Waals surface area contributed by atoms with E-state index >= 15 is 0 Å². The molecule has 0 aliphatic carbocycles. The first kappa shape index (κ1) is 26.9. The first-order valence-electron chi connectivity index (χ1n) is 13.2. The summed E-state index contributed by atoms with van der Waals surface area (Å²) in [6.45, 7) is 6.83. The molecule has 0 saturated carbocycles. The lowest BCUT2D eigenvalue weighted by atomic mass is 10.0. The molecular weight excluding hydrogens is 472 g/mol. The van der Waals surface area contributed by atoms with Crippen LogP contribution < -0.4 is 10.1 Å². The zero-order chi connectivity index (χ0) is 26.9. The number of nitrogens with one attached hydrogen (secondary N) is 1. The Hall–Kier alpha value is -4.12. The first-order chi connectivity index (χ1) is 18.4. The van der Waals surface area contributed by atoms with Crippen molar-refractivity contribution in [2.24, 2.45) is 5.92 Å². The van der Waals surface area contributed by atoms with Crippen LogP contribution in [0.2, 0.25) is 0 Å². The molecule has 0 aliphatic heterocycles. The molecule has 5 nitrogen and oxygen atoms in total. The van der Waals surface area contributed by atoms with Crippen molar-refractivity contribution >= 4 is 22.6 Å². The van der Waals surface area contributed by atoms with Crippen molar-refractivity contribution in [1.82, 2.24) is 10.2 Å². The zero-order valence-electron chi connectivity index (χ0n) is 22.4. The van der Waals surface area contributed by atoms with Crippen LogP contribution in [-0.4, -0.2) is 35.9 Å². The third kappa shape index (κ3) is 7.00. The number of rotatable bonds is 11. The molecule has 0 aromatic heterocycles. The van der Waals surface area contributed by atoms with E-state index in [1.807, 2.05) is 104 Å². The zero-order valence-corrected chi connectivity index (χ0v) is 22.4. The number of carbonyl (C=O) groups is 2. The number of carbonyl (C=O) groups excluding carboxylic acids is 2. The van der Waals surface area contributed by atoms with E-state index in [0.717, 1.165) is 27.5 Å². The Balaban J connectivity index is 1.64. The average Bonchev–Trinajstić information content (AvgIpc) is 2.93. The van der Waals surface area contributed by atoms with Crippen molar-refractivity contribution < 1.29 is 14.3 Å². The largest absolute Gasteiger partial charge is 0.483 e. The Bertz CT molecular complexity index is 1360. The molecule has 5 heteroatoms. The summed E-state index contributed by atoms with van der Waals surface area (Å²) < 4.78 is 6.09. The topological polar surface area (TPSA) is 58.6 Å². The van der Waals surface area contributed by atoms with Gasteiger partial charge in [0.25, 0.3) is 5.91 Å². The van der Waals surface area contributed by atoms with Gasteiger partial charge in [-0.25, -0.2) is 0 Å². The molecule has 0 aliphatic rings. The van der Waals surface area contributed by atoms with E-state index in [9.17, 15) is 9.59 Å². The van der Waals surface area contributed by atoms with Crippen molar-refractivity contribution in [3.8, 4) is 5.75 Å². The maximum absolute atomic E-state index is 13.9. The summed E-state index contributed by atoms with van der Waals surface area (Å²) in [6.07, 6.45) is 0.413. The van der Waals surface area contributed by atoms with Crippen LogP contribution in [0, 0.1) is 12.8 Å². The van der Waals surface area contributed by atoms with E-state index in [4.69, 9.17) is 4.74 Å². The third-order valence-corrected chi connectivity index (χ3v) is 6.66. The lowest BCUT2D eigenvalue weighted by molar-refractivity contribution is -0.142. The van der Waals surface area contributed by atoms with Crippen LogP contribution >= 0.6 is 0 Å². The SMILES string of the molecule is Cc1ccccc1CN(C(=O)COc1cccc2ccccc12)[C@H](Cc1ccccc1)C(=O)NCC(C)C. The second-order valence-corrected chi connectivity index (χ2v) is 10.1. The molecule has 0 radical (unpaired) electrons. The Morgan fingerprint density at radius 2 is 1.53 bits per heavy atom. The van der Waals surface area contributed by atoms with Gasteiger partial charge in [-0.1, -0.05) is 105 Å². The molecule has 2 amide bonds. The predicted molar refractivity (Wildman–Crippen MR) is 153 cm³/mol. The van der Waals surface area contributed by atoms with Crippen LogP contribution in [0.1, 0.15) is 30.5 Å². The molecular formula is C33H36N2O3. The summed E-state index contributed by atoms with van der Waals surface area (Å²) in [4.78, 5) is 29.1. The Morgan fingerprint density at radius 1 is 0.842 bits per heavy atom. The monoisotopic (exact) mass is 508 g/mol. The van der Waals surface area contributed by atoms with Gasteiger partial charge < -0.3 is 15.0 Å². The van der Waals surface area contributed by atoms with E-state index in [-0.39, 0.29) is 18.4 Å². The van der Waals surface area contributed by atoms with Gasteiger partial charge in [-0.15, -0.1) is 0 Å². The van der Waals surface area contributed by atoms with Crippen molar-refractivity contribution in [3.63, 3.8) is 0 Å². The highest BCUT2D eigenvalue weighted by molar-refractivity contribution is 5.90. The molecule has 0 bridgehead atoms. The molecule has 4 aromatic carbocycles. The normalized spacial score (nSPS) is 11.8. The first-order valence-corrected chi connectivity index (χ1v) is 13.2. The minimum atomic E-state index is -0.681. The maximum atomic E-state index is 13.9. The second-order valence-electron chi connectivity index (χ2n) is 10.1. The number of ether oxygens (including phenoxy) is 1. The quantitative estimate of drug-likeness (QED) is 0.273. The van der Waals surface area contributed by atoms with E-state index in [2.05, 4.69) is 19.2 Å². The van der Waals surface area contributed by atoms with Gasteiger partial charge in [-0.2, -0.15) is 0 Å². The minimum absolute atomic E-state index is 0.158. The smallest absolute Gasteiger partial charge is 0.261 e. The number of nitrogens with zero attached hydrogens (tertiary/aromatic N) is 1. The fourth-order valence-corrected chi connectivity index (χ4v) is 4.49. The molecule has 0 spiro atoms. The Labute approximate surface area is 225 Å². The summed E-state index contributed by atoms with van der Waals surface area (Å²) in [5, 5.41) is 5.06. The van der Waals surface area contributed by atoms with Gasteiger partial charge in [-0.3, -0.25) is 9.59 Å². The molecule has 38 heavy (non-hydrogen) atoms. The van der Waals surface area contributed by atoms with E-state index in [1.165, 1.54) is 0 Å². The van der Waals surface area contributed by atoms with Crippen LogP contribution in [0.3, 0.4) is 0 Å². The van der Waals surface area contributed by atoms with Crippen molar-refractivity contribution in [2.75, 3.05) is 13.2 Å². The van der Waals surface area contributed by atoms with Gasteiger partial charge in [0.05, 0.1) is 0 Å². The van der Waals surface area contributed by atoms with Crippen LogP contribution in [-0.2, 0) is 22.6 Å².